The molecule has 0 radical (unpaired) electrons. The van der Waals surface area contributed by atoms with E-state index in [1.165, 1.54) is 0 Å². The van der Waals surface area contributed by atoms with Crippen LogP contribution in [0.3, 0.4) is 0 Å². The van der Waals surface area contributed by atoms with E-state index in [-0.39, 0.29) is 0 Å². The molecule has 0 aromatic carbocycles. The van der Waals surface area contributed by atoms with Crippen LogP contribution >= 0.6 is 11.8 Å². The summed E-state index contributed by atoms with van der Waals surface area (Å²) in [5.74, 6) is 1.64. The number of hydrogen-bond donors (Lipinski definition) is 1. The first-order valence-electron chi connectivity index (χ1n) is 5.38. The van der Waals surface area contributed by atoms with Gasteiger partial charge in [0.2, 0.25) is 0 Å². The van der Waals surface area contributed by atoms with E-state index >= 15 is 0 Å². The number of pyridine rings is 1. The van der Waals surface area contributed by atoms with Crippen LogP contribution in [0.5, 0.6) is 0 Å². The molecule has 17 heavy (non-hydrogen) atoms. The first-order valence-corrected chi connectivity index (χ1v) is 6.37. The molecular formula is C12H15N3OS. The van der Waals surface area contributed by atoms with Crippen molar-refractivity contribution in [3.05, 3.63) is 35.5 Å². The average molecular weight is 249 g/mol. The van der Waals surface area contributed by atoms with Crippen molar-refractivity contribution < 1.29 is 4.42 Å². The number of oxazole rings is 1. The Bertz CT molecular complexity index is 491. The summed E-state index contributed by atoms with van der Waals surface area (Å²) < 4.78 is 5.50. The molecule has 0 atom stereocenters. The van der Waals surface area contributed by atoms with Gasteiger partial charge in [-0.3, -0.25) is 4.98 Å². The van der Waals surface area contributed by atoms with Crippen LogP contribution < -0.4 is 5.32 Å². The third kappa shape index (κ3) is 3.00. The largest absolute Gasteiger partial charge is 0.437 e. The Kier molecular flexibility index (Phi) is 3.68. The highest BCUT2D eigenvalue weighted by Gasteiger charge is 2.06. The zero-order chi connectivity index (χ0) is 12.3. The Hall–Kier alpha value is -1.49. The van der Waals surface area contributed by atoms with Gasteiger partial charge >= 0.3 is 0 Å². The van der Waals surface area contributed by atoms with E-state index in [1.807, 2.05) is 33.0 Å². The lowest BCUT2D eigenvalue weighted by molar-refractivity contribution is 0.431. The van der Waals surface area contributed by atoms with Gasteiger partial charge in [0.1, 0.15) is 5.76 Å². The van der Waals surface area contributed by atoms with Gasteiger partial charge in [0, 0.05) is 24.7 Å². The van der Waals surface area contributed by atoms with Gasteiger partial charge in [0.25, 0.3) is 5.22 Å². The van der Waals surface area contributed by atoms with Crippen molar-refractivity contribution in [2.24, 2.45) is 0 Å². The van der Waals surface area contributed by atoms with Crippen LogP contribution in [0, 0.1) is 13.8 Å². The first kappa shape index (κ1) is 12.0. The molecule has 2 rings (SSSR count). The second-order valence-corrected chi connectivity index (χ2v) is 4.62. The zero-order valence-corrected chi connectivity index (χ0v) is 11.0. The number of rotatable bonds is 4. The van der Waals surface area contributed by atoms with Gasteiger partial charge < -0.3 is 9.73 Å². The molecule has 0 saturated heterocycles. The molecule has 0 aliphatic carbocycles. The van der Waals surface area contributed by atoms with E-state index in [0.29, 0.717) is 5.22 Å². The summed E-state index contributed by atoms with van der Waals surface area (Å²) in [4.78, 5) is 8.62. The van der Waals surface area contributed by atoms with Crippen molar-refractivity contribution in [3.63, 3.8) is 0 Å². The van der Waals surface area contributed by atoms with Crippen molar-refractivity contribution >= 4 is 17.4 Å². The van der Waals surface area contributed by atoms with E-state index in [9.17, 15) is 0 Å². The molecule has 0 saturated carbocycles. The topological polar surface area (TPSA) is 51.0 Å². The summed E-state index contributed by atoms with van der Waals surface area (Å²) in [6.45, 7) is 3.87. The van der Waals surface area contributed by atoms with Crippen molar-refractivity contribution in [2.75, 3.05) is 12.4 Å². The van der Waals surface area contributed by atoms with Crippen LogP contribution in [0.1, 0.15) is 17.1 Å². The maximum absolute atomic E-state index is 5.50. The number of anilines is 1. The second-order valence-electron chi connectivity index (χ2n) is 3.70. The Balaban J connectivity index is 2.01. The summed E-state index contributed by atoms with van der Waals surface area (Å²) in [6, 6.07) is 3.96. The summed E-state index contributed by atoms with van der Waals surface area (Å²) in [7, 11) is 1.90. The van der Waals surface area contributed by atoms with Gasteiger partial charge in [-0.05, 0) is 26.0 Å². The second kappa shape index (κ2) is 5.23. The fourth-order valence-electron chi connectivity index (χ4n) is 1.35. The first-order chi connectivity index (χ1) is 8.19. The molecule has 1 N–H and O–H groups in total. The molecule has 90 valence electrons. The highest BCUT2D eigenvalue weighted by atomic mass is 32.2. The smallest absolute Gasteiger partial charge is 0.256 e. The van der Waals surface area contributed by atoms with Crippen LogP contribution in [0.25, 0.3) is 0 Å². The van der Waals surface area contributed by atoms with Crippen molar-refractivity contribution in [1.82, 2.24) is 9.97 Å². The fraction of sp³-hybridized carbons (Fsp3) is 0.333. The van der Waals surface area contributed by atoms with Crippen LogP contribution in [0.4, 0.5) is 5.69 Å². The van der Waals surface area contributed by atoms with Gasteiger partial charge in [0.05, 0.1) is 11.4 Å². The minimum atomic E-state index is 0.705. The van der Waals surface area contributed by atoms with E-state index in [4.69, 9.17) is 4.42 Å². The number of thioether (sulfide) groups is 1. The number of hydrogen-bond acceptors (Lipinski definition) is 5. The highest BCUT2D eigenvalue weighted by Crippen LogP contribution is 2.23. The summed E-state index contributed by atoms with van der Waals surface area (Å²) in [6.07, 6.45) is 1.80. The lowest BCUT2D eigenvalue weighted by Crippen LogP contribution is -1.92. The summed E-state index contributed by atoms with van der Waals surface area (Å²) in [5, 5.41) is 3.80. The van der Waals surface area contributed by atoms with Gasteiger partial charge in [-0.15, -0.1) is 0 Å². The van der Waals surface area contributed by atoms with E-state index in [2.05, 4.69) is 15.3 Å². The van der Waals surface area contributed by atoms with Crippen molar-refractivity contribution in [3.8, 4) is 0 Å². The summed E-state index contributed by atoms with van der Waals surface area (Å²) in [5.41, 5.74) is 3.02. The molecule has 0 bridgehead atoms. The molecule has 0 unspecified atom stereocenters. The molecule has 0 aliphatic heterocycles. The maximum Gasteiger partial charge on any atom is 0.256 e. The molecular weight excluding hydrogens is 234 g/mol. The van der Waals surface area contributed by atoms with Gasteiger partial charge in [0.15, 0.2) is 0 Å². The van der Waals surface area contributed by atoms with E-state index < -0.39 is 0 Å². The SMILES string of the molecule is CNc1ccnc(CSc2nc(C)c(C)o2)c1. The third-order valence-electron chi connectivity index (χ3n) is 2.46. The van der Waals surface area contributed by atoms with Crippen LogP contribution in [-0.4, -0.2) is 17.0 Å². The van der Waals surface area contributed by atoms with Crippen LogP contribution in [0.15, 0.2) is 28.0 Å². The highest BCUT2D eigenvalue weighted by molar-refractivity contribution is 7.98. The third-order valence-corrected chi connectivity index (χ3v) is 3.32. The minimum Gasteiger partial charge on any atom is -0.437 e. The lowest BCUT2D eigenvalue weighted by Gasteiger charge is -2.02. The molecule has 0 fully saturated rings. The molecule has 0 amide bonds. The molecule has 2 aromatic rings. The zero-order valence-electron chi connectivity index (χ0n) is 10.2. The molecule has 2 aromatic heterocycles. The Morgan fingerprint density at radius 1 is 1.41 bits per heavy atom. The average Bonchev–Trinajstić information content (AvgIpc) is 2.67. The fourth-order valence-corrected chi connectivity index (χ4v) is 2.17. The molecule has 0 spiro atoms. The van der Waals surface area contributed by atoms with E-state index in [0.717, 1.165) is 28.6 Å². The monoisotopic (exact) mass is 249 g/mol. The number of nitrogens with one attached hydrogen (secondary N) is 1. The summed E-state index contributed by atoms with van der Waals surface area (Å²) >= 11 is 1.56. The minimum absolute atomic E-state index is 0.705. The molecule has 5 heteroatoms. The van der Waals surface area contributed by atoms with E-state index in [1.54, 1.807) is 18.0 Å². The van der Waals surface area contributed by atoms with Gasteiger partial charge in [-0.1, -0.05) is 11.8 Å². The Morgan fingerprint density at radius 2 is 2.24 bits per heavy atom. The lowest BCUT2D eigenvalue weighted by atomic mass is 10.3. The molecule has 0 aliphatic rings. The predicted octanol–water partition coefficient (Wildman–Crippen LogP) is 3.02. The van der Waals surface area contributed by atoms with Crippen molar-refractivity contribution in [1.29, 1.82) is 0 Å². The number of aromatic nitrogens is 2. The molecule has 2 heterocycles. The normalized spacial score (nSPS) is 10.5. The Morgan fingerprint density at radius 3 is 2.88 bits per heavy atom. The van der Waals surface area contributed by atoms with Gasteiger partial charge in [-0.2, -0.15) is 0 Å². The number of aryl methyl sites for hydroxylation is 2. The molecule has 4 nitrogen and oxygen atoms in total. The van der Waals surface area contributed by atoms with Crippen LogP contribution in [-0.2, 0) is 5.75 Å². The standard InChI is InChI=1S/C12H15N3OS/c1-8-9(2)16-12(15-8)17-7-11-6-10(13-3)4-5-14-11/h4-6H,7H2,1-3H3,(H,13,14). The van der Waals surface area contributed by atoms with Crippen LogP contribution in [0.2, 0.25) is 0 Å². The van der Waals surface area contributed by atoms with Gasteiger partial charge in [-0.25, -0.2) is 4.98 Å². The van der Waals surface area contributed by atoms with Crippen molar-refractivity contribution in [2.45, 2.75) is 24.8 Å². The number of nitrogens with zero attached hydrogens (tertiary/aromatic N) is 2. The maximum atomic E-state index is 5.50. The predicted molar refractivity (Wildman–Crippen MR) is 69.3 cm³/mol. The Labute approximate surface area is 105 Å². The quantitative estimate of drug-likeness (QED) is 0.844.